The van der Waals surface area contributed by atoms with E-state index in [2.05, 4.69) is 53.9 Å². The molecule has 2 atom stereocenters. The molecule has 0 aromatic carbocycles. The standard InChI is InChI=1S/C14H19IN4O4S.C6H12.C4H9IO2S/c1-23-14(22)11-4-3-5-19(11)13(21)7-17-12(20)6-10-8-18(9-16)24(10,2)15;1-2-4-6-5-3-1;5-8-7-4-2-1-3-6/h8,11H,3-7H2,1-2H3,(H,17,20);1-6H2;6H,1-4H2. The monoisotopic (exact) mass is 798 g/mol. The number of rotatable bonds is 10. The van der Waals surface area contributed by atoms with Crippen molar-refractivity contribution >= 4 is 76.8 Å². The van der Waals surface area contributed by atoms with Crippen LogP contribution in [0.5, 0.6) is 0 Å². The van der Waals surface area contributed by atoms with Gasteiger partial charge in [-0.25, -0.2) is 9.10 Å². The number of methoxy groups -OCH3 is 1. The van der Waals surface area contributed by atoms with E-state index in [1.165, 1.54) is 59.7 Å². The molecule has 0 spiro atoms. The molecule has 0 aromatic heterocycles. The highest BCUT2D eigenvalue weighted by Gasteiger charge is 2.37. The van der Waals surface area contributed by atoms with Gasteiger partial charge in [-0.2, -0.15) is 5.26 Å². The quantitative estimate of drug-likeness (QED) is 0.102. The minimum Gasteiger partial charge on any atom is -0.467 e. The number of aliphatic hydroxyl groups is 1. The molecule has 3 rings (SSSR count). The van der Waals surface area contributed by atoms with E-state index < -0.39 is 19.4 Å². The molecule has 10 nitrogen and oxygen atoms in total. The highest BCUT2D eigenvalue weighted by Crippen LogP contribution is 2.69. The van der Waals surface area contributed by atoms with Crippen LogP contribution in [0.3, 0.4) is 0 Å². The maximum absolute atomic E-state index is 12.2. The number of ether oxygens (including phenoxy) is 1. The van der Waals surface area contributed by atoms with Gasteiger partial charge in [-0.05, 0) is 31.9 Å². The molecule has 38 heavy (non-hydrogen) atoms. The number of nitriles is 1. The zero-order valence-electron chi connectivity index (χ0n) is 22.2. The lowest BCUT2D eigenvalue weighted by Gasteiger charge is -2.45. The molecule has 1 saturated heterocycles. The van der Waals surface area contributed by atoms with Crippen LogP contribution in [0.4, 0.5) is 0 Å². The number of aliphatic hydroxyl groups excluding tert-OH is 1. The Bertz CT molecular complexity index is 807. The Kier molecular flexibility index (Phi) is 19.1. The maximum atomic E-state index is 12.2. The van der Waals surface area contributed by atoms with Crippen LogP contribution in [0.25, 0.3) is 0 Å². The molecular weight excluding hydrogens is 758 g/mol. The minimum absolute atomic E-state index is 0.144. The van der Waals surface area contributed by atoms with Crippen molar-refractivity contribution < 1.29 is 28.4 Å². The van der Waals surface area contributed by atoms with E-state index in [1.807, 2.05) is 6.26 Å². The Balaban J connectivity index is 0.000000419. The molecule has 3 aliphatic rings. The largest absolute Gasteiger partial charge is 0.467 e. The first kappa shape index (κ1) is 35.5. The third kappa shape index (κ3) is 12.8. The third-order valence-corrected chi connectivity index (χ3v) is 12.3. The van der Waals surface area contributed by atoms with E-state index in [9.17, 15) is 14.4 Å². The van der Waals surface area contributed by atoms with Crippen molar-refractivity contribution in [2.75, 3.05) is 39.7 Å². The second kappa shape index (κ2) is 20.4. The predicted octanol–water partition coefficient (Wildman–Crippen LogP) is 5.11. The summed E-state index contributed by atoms with van der Waals surface area (Å²) in [7, 11) is 1.24. The lowest BCUT2D eigenvalue weighted by molar-refractivity contribution is -0.150. The highest BCUT2D eigenvalue weighted by molar-refractivity contribution is 14.2. The smallest absolute Gasteiger partial charge is 0.328 e. The number of nitrogens with one attached hydrogen (secondary N) is 1. The van der Waals surface area contributed by atoms with Gasteiger partial charge >= 0.3 is 5.97 Å². The molecule has 2 fully saturated rings. The minimum atomic E-state index is -1.40. The molecule has 2 amide bonds. The van der Waals surface area contributed by atoms with Crippen LogP contribution >= 0.6 is 59.0 Å². The van der Waals surface area contributed by atoms with E-state index in [4.69, 9.17) is 19.3 Å². The molecule has 2 heterocycles. The first-order chi connectivity index (χ1) is 18.2. The van der Waals surface area contributed by atoms with Crippen LogP contribution in [-0.2, 0) is 23.3 Å². The Morgan fingerprint density at radius 2 is 1.84 bits per heavy atom. The van der Waals surface area contributed by atoms with E-state index in [-0.39, 0.29) is 31.4 Å². The van der Waals surface area contributed by atoms with Gasteiger partial charge in [0.25, 0.3) is 0 Å². The SMILES string of the molecule is C1CCCCC1.COC(=O)C1CCCN1C(=O)CNC(=O)CC1=CN(C#N)S1(C)I.OCCCCOSI. The van der Waals surface area contributed by atoms with Gasteiger partial charge < -0.3 is 24.2 Å². The van der Waals surface area contributed by atoms with E-state index in [0.29, 0.717) is 13.0 Å². The summed E-state index contributed by atoms with van der Waals surface area (Å²) >= 11 is 4.25. The number of halogens is 2. The molecule has 2 aliphatic heterocycles. The molecule has 14 heteroatoms. The summed E-state index contributed by atoms with van der Waals surface area (Å²) in [6, 6.07) is -0.556. The number of hydrogen-bond acceptors (Lipinski definition) is 9. The Morgan fingerprint density at radius 1 is 1.21 bits per heavy atom. The van der Waals surface area contributed by atoms with Crippen molar-refractivity contribution in [3.8, 4) is 6.19 Å². The summed E-state index contributed by atoms with van der Waals surface area (Å²) in [4.78, 5) is 38.2. The first-order valence-electron chi connectivity index (χ1n) is 12.8. The summed E-state index contributed by atoms with van der Waals surface area (Å²) in [5.41, 5.74) is 0. The molecule has 0 radical (unpaired) electrons. The van der Waals surface area contributed by atoms with Crippen molar-refractivity contribution in [3.05, 3.63) is 11.1 Å². The fraction of sp³-hybridized carbons (Fsp3) is 0.750. The second-order valence-corrected chi connectivity index (χ2v) is 18.0. The van der Waals surface area contributed by atoms with Gasteiger partial charge in [-0.1, -0.05) is 45.9 Å². The number of hydrogen-bond donors (Lipinski definition) is 2. The number of esters is 1. The van der Waals surface area contributed by atoms with E-state index in [1.54, 1.807) is 10.5 Å². The van der Waals surface area contributed by atoms with E-state index >= 15 is 0 Å². The normalized spacial score (nSPS) is 23.6. The van der Waals surface area contributed by atoms with Crippen LogP contribution < -0.4 is 5.32 Å². The molecule has 0 aromatic rings. The van der Waals surface area contributed by atoms with Crippen LogP contribution in [0.15, 0.2) is 11.1 Å². The number of unbranched alkanes of at least 4 members (excludes halogenated alkanes) is 1. The fourth-order valence-electron chi connectivity index (χ4n) is 3.99. The lowest BCUT2D eigenvalue weighted by atomic mass is 10.0. The second-order valence-electron chi connectivity index (χ2n) is 8.96. The zero-order chi connectivity index (χ0) is 28.4. The number of likely N-dealkylation sites (tertiary alicyclic amines) is 1. The molecular formula is C24H40I2N4O6S2. The molecule has 1 aliphatic carbocycles. The molecule has 2 unspecified atom stereocenters. The van der Waals surface area contributed by atoms with Crippen molar-refractivity contribution in [1.82, 2.24) is 14.5 Å². The molecule has 218 valence electrons. The number of amides is 2. The van der Waals surface area contributed by atoms with Crippen LogP contribution in [0.2, 0.25) is 0 Å². The van der Waals surface area contributed by atoms with Gasteiger partial charge in [0.15, 0.2) is 6.19 Å². The number of carbonyl (C=O) groups is 3. The lowest BCUT2D eigenvalue weighted by Crippen LogP contribution is -2.46. The summed E-state index contributed by atoms with van der Waals surface area (Å²) in [6.45, 7) is 1.37. The van der Waals surface area contributed by atoms with Crippen molar-refractivity contribution in [1.29, 1.82) is 5.26 Å². The van der Waals surface area contributed by atoms with Gasteiger partial charge in [-0.15, -0.1) is 0 Å². The summed E-state index contributed by atoms with van der Waals surface area (Å²) in [6.07, 6.45) is 17.9. The van der Waals surface area contributed by atoms with Gasteiger partial charge in [0.2, 0.25) is 11.8 Å². The average Bonchev–Trinajstić information content (AvgIpc) is 3.43. The molecule has 2 N–H and O–H groups in total. The Labute approximate surface area is 256 Å². The van der Waals surface area contributed by atoms with Gasteiger partial charge in [0, 0.05) is 66.7 Å². The van der Waals surface area contributed by atoms with Gasteiger partial charge in [-0.3, -0.25) is 9.59 Å². The molecule has 0 bridgehead atoms. The Morgan fingerprint density at radius 3 is 2.34 bits per heavy atom. The maximum Gasteiger partial charge on any atom is 0.328 e. The fourth-order valence-corrected chi connectivity index (χ4v) is 7.39. The predicted molar refractivity (Wildman–Crippen MR) is 169 cm³/mol. The highest BCUT2D eigenvalue weighted by atomic mass is 127. The molecule has 1 saturated carbocycles. The van der Waals surface area contributed by atoms with Crippen molar-refractivity contribution in [2.24, 2.45) is 0 Å². The number of carbonyl (C=O) groups excluding carboxylic acids is 3. The third-order valence-electron chi connectivity index (χ3n) is 6.21. The topological polar surface area (TPSA) is 132 Å². The zero-order valence-corrected chi connectivity index (χ0v) is 28.1. The summed E-state index contributed by atoms with van der Waals surface area (Å²) in [5, 5.41) is 19.8. The average molecular weight is 799 g/mol. The number of nitrogens with zero attached hydrogens (tertiary/aromatic N) is 3. The summed E-state index contributed by atoms with van der Waals surface area (Å²) in [5.74, 6) is -0.980. The van der Waals surface area contributed by atoms with E-state index in [0.717, 1.165) is 30.8 Å². The van der Waals surface area contributed by atoms with Crippen LogP contribution in [0.1, 0.15) is 70.6 Å². The van der Waals surface area contributed by atoms with Crippen LogP contribution in [0, 0.1) is 11.5 Å². The van der Waals surface area contributed by atoms with Crippen molar-refractivity contribution in [3.63, 3.8) is 0 Å². The first-order valence-corrected chi connectivity index (χ1v) is 20.6. The van der Waals surface area contributed by atoms with Gasteiger partial charge in [0.05, 0.1) is 35.9 Å². The van der Waals surface area contributed by atoms with Crippen LogP contribution in [-0.4, -0.2) is 77.8 Å². The van der Waals surface area contributed by atoms with Gasteiger partial charge in [0.1, 0.15) is 6.04 Å². The summed E-state index contributed by atoms with van der Waals surface area (Å²) < 4.78 is 11.2. The Hall–Kier alpha value is -0.480. The van der Waals surface area contributed by atoms with Crippen molar-refractivity contribution in [2.45, 2.75) is 76.7 Å².